The van der Waals surface area contributed by atoms with Crippen molar-refractivity contribution in [2.24, 2.45) is 11.7 Å². The molecule has 2 rings (SSSR count). The number of aromatic amines is 1. The van der Waals surface area contributed by atoms with Gasteiger partial charge < -0.3 is 36.9 Å². The fourth-order valence-electron chi connectivity index (χ4n) is 3.44. The zero-order valence-corrected chi connectivity index (χ0v) is 20.5. The molecule has 0 aliphatic carbocycles. The highest BCUT2D eigenvalue weighted by atomic mass is 16.4. The first-order valence-corrected chi connectivity index (χ1v) is 11.6. The summed E-state index contributed by atoms with van der Waals surface area (Å²) in [7, 11) is 0. The average Bonchev–Trinajstić information content (AvgIpc) is 3.32. The third kappa shape index (κ3) is 9.02. The number of imidazole rings is 1. The number of nitrogens with one attached hydrogen (secondary N) is 4. The van der Waals surface area contributed by atoms with Crippen LogP contribution in [0.4, 0.5) is 0 Å². The molecule has 12 nitrogen and oxygen atoms in total. The number of benzene rings is 1. The van der Waals surface area contributed by atoms with E-state index in [1.165, 1.54) is 31.6 Å². The zero-order valence-electron chi connectivity index (χ0n) is 20.5. The summed E-state index contributed by atoms with van der Waals surface area (Å²) in [6.07, 6.45) is 3.44. The lowest BCUT2D eigenvalue weighted by Crippen LogP contribution is -2.58. The minimum absolute atomic E-state index is 0.0157. The van der Waals surface area contributed by atoms with Crippen molar-refractivity contribution in [3.63, 3.8) is 0 Å². The zero-order chi connectivity index (χ0) is 26.8. The van der Waals surface area contributed by atoms with E-state index in [-0.39, 0.29) is 24.5 Å². The van der Waals surface area contributed by atoms with Crippen LogP contribution in [-0.4, -0.2) is 68.0 Å². The van der Waals surface area contributed by atoms with Crippen molar-refractivity contribution >= 4 is 23.7 Å². The summed E-state index contributed by atoms with van der Waals surface area (Å²) in [5.41, 5.74) is 7.17. The number of carboxylic acid groups (broad SMARTS) is 1. The molecule has 1 heterocycles. The number of amides is 3. The van der Waals surface area contributed by atoms with E-state index in [4.69, 9.17) is 10.8 Å². The molecule has 0 saturated carbocycles. The summed E-state index contributed by atoms with van der Waals surface area (Å²) >= 11 is 0. The number of carboxylic acids is 1. The maximum atomic E-state index is 13.3. The molecule has 0 aliphatic rings. The van der Waals surface area contributed by atoms with E-state index in [2.05, 4.69) is 25.9 Å². The van der Waals surface area contributed by atoms with Crippen molar-refractivity contribution in [3.8, 4) is 5.75 Å². The van der Waals surface area contributed by atoms with Gasteiger partial charge in [-0.25, -0.2) is 4.98 Å². The van der Waals surface area contributed by atoms with Crippen molar-refractivity contribution in [2.75, 3.05) is 0 Å². The van der Waals surface area contributed by atoms with Crippen LogP contribution >= 0.6 is 0 Å². The minimum atomic E-state index is -1.23. The Kier molecular flexibility index (Phi) is 10.4. The second kappa shape index (κ2) is 13.2. The van der Waals surface area contributed by atoms with Gasteiger partial charge in [-0.3, -0.25) is 19.2 Å². The minimum Gasteiger partial charge on any atom is -0.508 e. The Morgan fingerprint density at radius 1 is 0.944 bits per heavy atom. The number of H-pyrrole nitrogens is 1. The largest absolute Gasteiger partial charge is 0.508 e. The second-order valence-electron chi connectivity index (χ2n) is 9.08. The second-order valence-corrected chi connectivity index (χ2v) is 9.08. The number of phenolic OH excluding ortho intramolecular Hbond substituents is 1. The standard InChI is InChI=1S/C24H34N6O6/c1-13(2)8-18(25)21(32)29-20(10-16-11-26-12-27-16)23(34)30-19(22(33)28-14(3)24(35)36)9-15-4-6-17(31)7-5-15/h4-7,11-14,18-20,31H,8-10,25H2,1-3H3,(H,26,27)(H,28,33)(H,29,32)(H,30,34)(H,35,36). The number of rotatable bonds is 13. The molecule has 0 fully saturated rings. The summed E-state index contributed by atoms with van der Waals surface area (Å²) in [5, 5.41) is 26.3. The van der Waals surface area contributed by atoms with Crippen LogP contribution in [0.5, 0.6) is 5.75 Å². The van der Waals surface area contributed by atoms with Crippen LogP contribution in [-0.2, 0) is 32.0 Å². The van der Waals surface area contributed by atoms with E-state index < -0.39 is 47.9 Å². The van der Waals surface area contributed by atoms with Crippen molar-refractivity contribution < 1.29 is 29.4 Å². The van der Waals surface area contributed by atoms with Crippen molar-refractivity contribution in [3.05, 3.63) is 48.0 Å². The molecule has 0 saturated heterocycles. The number of phenols is 1. The Bertz CT molecular complexity index is 1020. The summed E-state index contributed by atoms with van der Waals surface area (Å²) in [6, 6.07) is 1.78. The number of aliphatic carboxylic acids is 1. The van der Waals surface area contributed by atoms with Crippen LogP contribution in [0.3, 0.4) is 0 Å². The molecule has 8 N–H and O–H groups in total. The van der Waals surface area contributed by atoms with E-state index in [0.717, 1.165) is 0 Å². The van der Waals surface area contributed by atoms with Gasteiger partial charge in [0.15, 0.2) is 0 Å². The molecule has 0 radical (unpaired) electrons. The van der Waals surface area contributed by atoms with Crippen LogP contribution in [0, 0.1) is 5.92 Å². The molecule has 3 amide bonds. The highest BCUT2D eigenvalue weighted by molar-refractivity contribution is 5.94. The summed E-state index contributed by atoms with van der Waals surface area (Å²) in [6.45, 7) is 5.15. The van der Waals surface area contributed by atoms with Gasteiger partial charge in [-0.05, 0) is 37.0 Å². The Balaban J connectivity index is 2.24. The smallest absolute Gasteiger partial charge is 0.325 e. The number of carbonyl (C=O) groups excluding carboxylic acids is 3. The molecule has 2 aromatic rings. The molecule has 0 aliphatic heterocycles. The number of nitrogens with zero attached hydrogens (tertiary/aromatic N) is 1. The van der Waals surface area contributed by atoms with E-state index in [1.54, 1.807) is 12.1 Å². The fourth-order valence-corrected chi connectivity index (χ4v) is 3.44. The number of hydrogen-bond donors (Lipinski definition) is 7. The first-order chi connectivity index (χ1) is 17.0. The van der Waals surface area contributed by atoms with Crippen molar-refractivity contribution in [1.29, 1.82) is 0 Å². The predicted molar refractivity (Wildman–Crippen MR) is 131 cm³/mol. The number of hydrogen-bond acceptors (Lipinski definition) is 7. The van der Waals surface area contributed by atoms with Gasteiger partial charge in [-0.15, -0.1) is 0 Å². The third-order valence-corrected chi connectivity index (χ3v) is 5.41. The van der Waals surface area contributed by atoms with Crippen molar-refractivity contribution in [1.82, 2.24) is 25.9 Å². The lowest BCUT2D eigenvalue weighted by Gasteiger charge is -2.25. The Hall–Kier alpha value is -3.93. The molecule has 1 aromatic carbocycles. The van der Waals surface area contributed by atoms with E-state index in [9.17, 15) is 24.3 Å². The van der Waals surface area contributed by atoms with Gasteiger partial charge in [0.25, 0.3) is 0 Å². The normalized spacial score (nSPS) is 14.4. The van der Waals surface area contributed by atoms with Crippen molar-refractivity contribution in [2.45, 2.75) is 64.2 Å². The first-order valence-electron chi connectivity index (χ1n) is 11.6. The topological polar surface area (TPSA) is 200 Å². The van der Waals surface area contributed by atoms with Crippen LogP contribution in [0.25, 0.3) is 0 Å². The SMILES string of the molecule is CC(C)CC(N)C(=O)NC(Cc1cnc[nH]1)C(=O)NC(Cc1ccc(O)cc1)C(=O)NC(C)C(=O)O. The first kappa shape index (κ1) is 28.3. The molecule has 0 bridgehead atoms. The van der Waals surface area contributed by atoms with E-state index in [0.29, 0.717) is 17.7 Å². The van der Waals surface area contributed by atoms with Crippen LogP contribution in [0.15, 0.2) is 36.8 Å². The highest BCUT2D eigenvalue weighted by Crippen LogP contribution is 2.12. The van der Waals surface area contributed by atoms with Crippen LogP contribution in [0.1, 0.15) is 38.4 Å². The Labute approximate surface area is 209 Å². The molecule has 4 atom stereocenters. The lowest BCUT2D eigenvalue weighted by molar-refractivity contribution is -0.141. The maximum absolute atomic E-state index is 13.3. The van der Waals surface area contributed by atoms with E-state index in [1.807, 2.05) is 13.8 Å². The van der Waals surface area contributed by atoms with Gasteiger partial charge in [0, 0.05) is 24.7 Å². The summed E-state index contributed by atoms with van der Waals surface area (Å²) in [4.78, 5) is 56.9. The third-order valence-electron chi connectivity index (χ3n) is 5.41. The quantitative estimate of drug-likeness (QED) is 0.196. The Morgan fingerprint density at radius 3 is 2.08 bits per heavy atom. The predicted octanol–water partition coefficient (Wildman–Crippen LogP) is -0.167. The van der Waals surface area contributed by atoms with Gasteiger partial charge in [0.05, 0.1) is 12.4 Å². The average molecular weight is 503 g/mol. The summed E-state index contributed by atoms with van der Waals surface area (Å²) < 4.78 is 0. The molecule has 12 heteroatoms. The van der Waals surface area contributed by atoms with Crippen LogP contribution < -0.4 is 21.7 Å². The molecule has 0 spiro atoms. The van der Waals surface area contributed by atoms with Gasteiger partial charge in [-0.2, -0.15) is 0 Å². The highest BCUT2D eigenvalue weighted by Gasteiger charge is 2.30. The van der Waals surface area contributed by atoms with Gasteiger partial charge in [-0.1, -0.05) is 26.0 Å². The number of aromatic hydroxyl groups is 1. The maximum Gasteiger partial charge on any atom is 0.325 e. The number of carbonyl (C=O) groups is 4. The summed E-state index contributed by atoms with van der Waals surface area (Å²) in [5.74, 6) is -2.92. The number of nitrogens with two attached hydrogens (primary N) is 1. The van der Waals surface area contributed by atoms with E-state index >= 15 is 0 Å². The Morgan fingerprint density at radius 2 is 1.53 bits per heavy atom. The lowest BCUT2D eigenvalue weighted by atomic mass is 10.0. The van der Waals surface area contributed by atoms with Gasteiger partial charge >= 0.3 is 5.97 Å². The van der Waals surface area contributed by atoms with Gasteiger partial charge in [0.2, 0.25) is 17.7 Å². The fraction of sp³-hybridized carbons (Fsp3) is 0.458. The van der Waals surface area contributed by atoms with Gasteiger partial charge in [0.1, 0.15) is 23.9 Å². The molecule has 4 unspecified atom stereocenters. The monoisotopic (exact) mass is 502 g/mol. The molecule has 36 heavy (non-hydrogen) atoms. The number of aromatic nitrogens is 2. The molecule has 196 valence electrons. The molecular formula is C24H34N6O6. The van der Waals surface area contributed by atoms with Crippen LogP contribution in [0.2, 0.25) is 0 Å². The molecule has 1 aromatic heterocycles. The molecular weight excluding hydrogens is 468 g/mol.